The lowest BCUT2D eigenvalue weighted by molar-refractivity contribution is 0.102. The van der Waals surface area contributed by atoms with E-state index in [4.69, 9.17) is 10.3 Å². The molecule has 4 rings (SSSR count). The molecule has 158 valence electrons. The molecule has 0 saturated heterocycles. The van der Waals surface area contributed by atoms with Crippen LogP contribution >= 0.6 is 11.8 Å². The Morgan fingerprint density at radius 3 is 2.62 bits per heavy atom. The highest BCUT2D eigenvalue weighted by atomic mass is 32.2. The summed E-state index contributed by atoms with van der Waals surface area (Å²) in [6.45, 7) is 0. The van der Waals surface area contributed by atoms with Crippen molar-refractivity contribution < 1.29 is 13.7 Å². The third kappa shape index (κ3) is 4.74. The average molecular weight is 446 g/mol. The Hall–Kier alpha value is -4.23. The predicted octanol–water partition coefficient (Wildman–Crippen LogP) is 4.27. The number of halogens is 1. The smallest absolute Gasteiger partial charge is 0.259 e. The molecule has 10 heteroatoms. The van der Waals surface area contributed by atoms with Gasteiger partial charge in [-0.1, -0.05) is 35.1 Å². The molecule has 1 amide bonds. The Kier molecular flexibility index (Phi) is 6.10. The Morgan fingerprint density at radius 2 is 1.91 bits per heavy atom. The number of para-hydroxylation sites is 1. The van der Waals surface area contributed by atoms with Gasteiger partial charge in [-0.2, -0.15) is 10.2 Å². The number of carbonyl (C=O) groups is 1. The molecular weight excluding hydrogens is 431 g/mol. The van der Waals surface area contributed by atoms with Crippen LogP contribution in [0.2, 0.25) is 0 Å². The molecule has 0 spiro atoms. The zero-order chi connectivity index (χ0) is 22.5. The van der Waals surface area contributed by atoms with E-state index in [1.165, 1.54) is 30.0 Å². The molecule has 0 aliphatic carbocycles. The lowest BCUT2D eigenvalue weighted by Gasteiger charge is -2.09. The van der Waals surface area contributed by atoms with Gasteiger partial charge in [0.15, 0.2) is 0 Å². The Balaban J connectivity index is 1.48. The van der Waals surface area contributed by atoms with E-state index >= 15 is 0 Å². The van der Waals surface area contributed by atoms with Gasteiger partial charge >= 0.3 is 0 Å². The first kappa shape index (κ1) is 21.0. The molecule has 0 unspecified atom stereocenters. The lowest BCUT2D eigenvalue weighted by atomic mass is 10.2. The summed E-state index contributed by atoms with van der Waals surface area (Å²) in [7, 11) is 0. The van der Waals surface area contributed by atoms with Gasteiger partial charge in [0.05, 0.1) is 16.9 Å². The Bertz CT molecular complexity index is 1300. The highest BCUT2D eigenvalue weighted by Crippen LogP contribution is 2.28. The van der Waals surface area contributed by atoms with Crippen LogP contribution in [0.4, 0.5) is 15.9 Å². The van der Waals surface area contributed by atoms with Gasteiger partial charge in [-0.25, -0.2) is 9.37 Å². The van der Waals surface area contributed by atoms with E-state index in [-0.39, 0.29) is 28.5 Å². The van der Waals surface area contributed by atoms with Gasteiger partial charge in [0.25, 0.3) is 5.91 Å². The highest BCUT2D eigenvalue weighted by molar-refractivity contribution is 7.98. The third-order valence-corrected chi connectivity index (χ3v) is 5.29. The fourth-order valence-corrected chi connectivity index (χ4v) is 3.56. The number of nitrogens with one attached hydrogen (secondary N) is 1. The second kappa shape index (κ2) is 9.28. The molecule has 0 fully saturated rings. The number of rotatable bonds is 6. The van der Waals surface area contributed by atoms with Crippen LogP contribution < -0.4 is 11.1 Å². The molecule has 2 aromatic carbocycles. The average Bonchev–Trinajstić information content (AvgIpc) is 3.28. The van der Waals surface area contributed by atoms with E-state index in [1.807, 2.05) is 12.1 Å². The van der Waals surface area contributed by atoms with Crippen molar-refractivity contribution in [3.63, 3.8) is 0 Å². The summed E-state index contributed by atoms with van der Waals surface area (Å²) >= 11 is 1.17. The molecule has 0 bridgehead atoms. The molecule has 8 nitrogen and oxygen atoms in total. The summed E-state index contributed by atoms with van der Waals surface area (Å²) in [4.78, 5) is 21.0. The number of nitrogens with two attached hydrogens (primary N) is 1. The molecule has 0 aliphatic heterocycles. The minimum atomic E-state index is -0.463. The number of nitriles is 1. The molecular formula is C22H15FN6O2S. The van der Waals surface area contributed by atoms with Crippen molar-refractivity contribution in [1.29, 1.82) is 5.26 Å². The fraction of sp³-hybridized carbons (Fsp3) is 0.0455. The number of hydrogen-bond acceptors (Lipinski definition) is 8. The molecule has 0 saturated carbocycles. The fourth-order valence-electron chi connectivity index (χ4n) is 2.76. The van der Waals surface area contributed by atoms with Gasteiger partial charge in [-0.15, -0.1) is 0 Å². The molecule has 2 heterocycles. The number of nitrogen functional groups attached to an aromatic ring is 1. The van der Waals surface area contributed by atoms with Crippen LogP contribution in [0.5, 0.6) is 0 Å². The zero-order valence-electron chi connectivity index (χ0n) is 16.4. The summed E-state index contributed by atoms with van der Waals surface area (Å²) in [5.74, 6) is 0.0189. The second-order valence-corrected chi connectivity index (χ2v) is 7.48. The van der Waals surface area contributed by atoms with Crippen LogP contribution in [0.1, 0.15) is 21.8 Å². The largest absolute Gasteiger partial charge is 0.383 e. The number of amides is 1. The van der Waals surface area contributed by atoms with Gasteiger partial charge in [0.2, 0.25) is 11.7 Å². The van der Waals surface area contributed by atoms with Crippen LogP contribution in [-0.2, 0) is 5.75 Å². The van der Waals surface area contributed by atoms with Crippen LogP contribution in [0.3, 0.4) is 0 Å². The molecule has 0 radical (unpaired) electrons. The van der Waals surface area contributed by atoms with Crippen LogP contribution in [0.25, 0.3) is 11.4 Å². The summed E-state index contributed by atoms with van der Waals surface area (Å²) < 4.78 is 18.3. The second-order valence-electron chi connectivity index (χ2n) is 6.51. The van der Waals surface area contributed by atoms with E-state index in [1.54, 1.807) is 36.4 Å². The normalized spacial score (nSPS) is 10.5. The number of benzene rings is 2. The van der Waals surface area contributed by atoms with Crippen molar-refractivity contribution in [3.05, 3.63) is 83.5 Å². The van der Waals surface area contributed by atoms with Crippen molar-refractivity contribution in [2.24, 2.45) is 0 Å². The number of aromatic nitrogens is 3. The van der Waals surface area contributed by atoms with E-state index in [0.29, 0.717) is 28.0 Å². The first-order valence-corrected chi connectivity index (χ1v) is 10.3. The van der Waals surface area contributed by atoms with Gasteiger partial charge in [0.1, 0.15) is 22.7 Å². The van der Waals surface area contributed by atoms with Crippen molar-refractivity contribution in [2.75, 3.05) is 11.1 Å². The Labute approximate surface area is 186 Å². The number of hydrogen-bond donors (Lipinski definition) is 2. The predicted molar refractivity (Wildman–Crippen MR) is 117 cm³/mol. The van der Waals surface area contributed by atoms with Gasteiger partial charge < -0.3 is 15.6 Å². The van der Waals surface area contributed by atoms with Gasteiger partial charge in [0, 0.05) is 11.3 Å². The van der Waals surface area contributed by atoms with Gasteiger partial charge in [-0.3, -0.25) is 4.79 Å². The minimum Gasteiger partial charge on any atom is -0.383 e. The quantitative estimate of drug-likeness (QED) is 0.420. The maximum absolute atomic E-state index is 13.1. The van der Waals surface area contributed by atoms with E-state index in [2.05, 4.69) is 20.4 Å². The molecule has 0 atom stereocenters. The van der Waals surface area contributed by atoms with Crippen LogP contribution in [0, 0.1) is 17.1 Å². The number of nitrogens with zero attached hydrogens (tertiary/aromatic N) is 4. The topological polar surface area (TPSA) is 131 Å². The van der Waals surface area contributed by atoms with Gasteiger partial charge in [-0.05, 0) is 42.5 Å². The van der Waals surface area contributed by atoms with Crippen molar-refractivity contribution in [1.82, 2.24) is 15.1 Å². The van der Waals surface area contributed by atoms with Crippen LogP contribution in [-0.4, -0.2) is 21.0 Å². The number of anilines is 2. The van der Waals surface area contributed by atoms with E-state index in [0.717, 1.165) is 0 Å². The van der Waals surface area contributed by atoms with Crippen molar-refractivity contribution in [3.8, 4) is 17.5 Å². The summed E-state index contributed by atoms with van der Waals surface area (Å²) in [5, 5.41) is 16.5. The first-order chi connectivity index (χ1) is 15.5. The third-order valence-electron chi connectivity index (χ3n) is 4.32. The first-order valence-electron chi connectivity index (χ1n) is 9.32. The number of thioether (sulfide) groups is 1. The maximum Gasteiger partial charge on any atom is 0.259 e. The molecule has 3 N–H and O–H groups in total. The zero-order valence-corrected chi connectivity index (χ0v) is 17.3. The molecule has 0 aliphatic rings. The van der Waals surface area contributed by atoms with Crippen LogP contribution in [0.15, 0.2) is 70.2 Å². The van der Waals surface area contributed by atoms with E-state index in [9.17, 15) is 14.4 Å². The highest BCUT2D eigenvalue weighted by Gasteiger charge is 2.18. The lowest BCUT2D eigenvalue weighted by Crippen LogP contribution is -2.15. The number of carbonyl (C=O) groups excluding carboxylic acids is 1. The summed E-state index contributed by atoms with van der Waals surface area (Å²) in [5.41, 5.74) is 7.49. The van der Waals surface area contributed by atoms with Crippen molar-refractivity contribution >= 4 is 29.2 Å². The summed E-state index contributed by atoms with van der Waals surface area (Å²) in [6.07, 6.45) is 0. The summed E-state index contributed by atoms with van der Waals surface area (Å²) in [6, 6.07) is 18.0. The standard InChI is InChI=1S/C22H15FN6O2S/c23-15-8-6-13(7-9-15)20-27-18(31-29-20)12-32-22-14(11-24)10-17(19(25)28-22)21(30)26-16-4-2-1-3-5-16/h1-10H,12H2,(H2,25,28)(H,26,30). The maximum atomic E-state index is 13.1. The van der Waals surface area contributed by atoms with E-state index < -0.39 is 5.91 Å². The molecule has 2 aromatic heterocycles. The van der Waals surface area contributed by atoms with Crippen molar-refractivity contribution in [2.45, 2.75) is 10.8 Å². The minimum absolute atomic E-state index is 0.00235. The SMILES string of the molecule is N#Cc1cc(C(=O)Nc2ccccc2)c(N)nc1SCc1nc(-c2ccc(F)cc2)no1. The number of pyridine rings is 1. The monoisotopic (exact) mass is 446 g/mol. The Morgan fingerprint density at radius 1 is 1.16 bits per heavy atom. The molecule has 4 aromatic rings. The molecule has 32 heavy (non-hydrogen) atoms.